The van der Waals surface area contributed by atoms with E-state index in [9.17, 15) is 9.59 Å². The van der Waals surface area contributed by atoms with E-state index in [4.69, 9.17) is 16.3 Å². The van der Waals surface area contributed by atoms with Gasteiger partial charge in [0.25, 0.3) is 0 Å². The van der Waals surface area contributed by atoms with Crippen LogP contribution in [0.1, 0.15) is 18.1 Å². The van der Waals surface area contributed by atoms with Gasteiger partial charge in [-0.3, -0.25) is 9.59 Å². The van der Waals surface area contributed by atoms with Gasteiger partial charge in [0.15, 0.2) is 0 Å². The second kappa shape index (κ2) is 9.44. The Hall–Kier alpha value is -2.86. The normalized spacial score (nSPS) is 10.5. The molecule has 2 rings (SSSR count). The molecular formula is C18H18ClN3O3. The molecule has 2 aromatic rings. The molecule has 130 valence electrons. The van der Waals surface area contributed by atoms with Gasteiger partial charge in [-0.15, -0.1) is 0 Å². The number of amides is 2. The third-order valence-electron chi connectivity index (χ3n) is 3.16. The van der Waals surface area contributed by atoms with Gasteiger partial charge in [0.05, 0.1) is 12.8 Å². The maximum atomic E-state index is 11.7. The Morgan fingerprint density at radius 3 is 2.56 bits per heavy atom. The molecule has 0 radical (unpaired) electrons. The fourth-order valence-electron chi connectivity index (χ4n) is 1.95. The van der Waals surface area contributed by atoms with E-state index in [0.29, 0.717) is 22.9 Å². The van der Waals surface area contributed by atoms with Crippen molar-refractivity contribution in [3.8, 4) is 5.75 Å². The molecule has 0 unspecified atom stereocenters. The van der Waals surface area contributed by atoms with Crippen molar-refractivity contribution in [3.05, 3.63) is 64.7 Å². The molecule has 0 aliphatic heterocycles. The van der Waals surface area contributed by atoms with Crippen molar-refractivity contribution < 1.29 is 14.3 Å². The SMILES string of the molecule is CCOc1ccccc1/C=N/NC(=O)C(=O)NCc1ccc(Cl)cc1. The number of benzene rings is 2. The molecule has 2 aromatic carbocycles. The zero-order valence-electron chi connectivity index (χ0n) is 13.7. The minimum atomic E-state index is -0.848. The smallest absolute Gasteiger partial charge is 0.329 e. The highest BCUT2D eigenvalue weighted by Gasteiger charge is 2.12. The summed E-state index contributed by atoms with van der Waals surface area (Å²) in [6, 6.07) is 14.2. The second-order valence-electron chi connectivity index (χ2n) is 4.98. The Balaban J connectivity index is 1.85. The maximum absolute atomic E-state index is 11.7. The van der Waals surface area contributed by atoms with E-state index in [1.165, 1.54) is 6.21 Å². The van der Waals surface area contributed by atoms with Crippen LogP contribution < -0.4 is 15.5 Å². The number of carbonyl (C=O) groups excluding carboxylic acids is 2. The number of para-hydroxylation sites is 1. The van der Waals surface area contributed by atoms with Crippen LogP contribution in [0.25, 0.3) is 0 Å². The Morgan fingerprint density at radius 1 is 1.12 bits per heavy atom. The number of ether oxygens (including phenoxy) is 1. The quantitative estimate of drug-likeness (QED) is 0.472. The van der Waals surface area contributed by atoms with Crippen LogP contribution in [-0.4, -0.2) is 24.6 Å². The average molecular weight is 360 g/mol. The van der Waals surface area contributed by atoms with Gasteiger partial charge < -0.3 is 10.1 Å². The lowest BCUT2D eigenvalue weighted by Gasteiger charge is -2.06. The minimum absolute atomic E-state index is 0.223. The number of hydrogen-bond donors (Lipinski definition) is 2. The van der Waals surface area contributed by atoms with E-state index in [1.54, 1.807) is 36.4 Å². The highest BCUT2D eigenvalue weighted by molar-refractivity contribution is 6.35. The van der Waals surface area contributed by atoms with Crippen molar-refractivity contribution in [3.63, 3.8) is 0 Å². The highest BCUT2D eigenvalue weighted by atomic mass is 35.5. The summed E-state index contributed by atoms with van der Waals surface area (Å²) in [5.41, 5.74) is 3.72. The van der Waals surface area contributed by atoms with E-state index in [-0.39, 0.29) is 6.54 Å². The van der Waals surface area contributed by atoms with Gasteiger partial charge in [-0.1, -0.05) is 35.9 Å². The molecule has 0 saturated carbocycles. The summed E-state index contributed by atoms with van der Waals surface area (Å²) in [5, 5.41) is 6.90. The Labute approximate surface area is 150 Å². The molecule has 0 aliphatic carbocycles. The van der Waals surface area contributed by atoms with Gasteiger partial charge >= 0.3 is 11.8 Å². The molecule has 0 spiro atoms. The highest BCUT2D eigenvalue weighted by Crippen LogP contribution is 2.15. The van der Waals surface area contributed by atoms with E-state index in [1.807, 2.05) is 19.1 Å². The number of hydrazone groups is 1. The lowest BCUT2D eigenvalue weighted by molar-refractivity contribution is -0.139. The first-order valence-electron chi connectivity index (χ1n) is 7.67. The Bertz CT molecular complexity index is 760. The van der Waals surface area contributed by atoms with Crippen molar-refractivity contribution >= 4 is 29.6 Å². The lowest BCUT2D eigenvalue weighted by atomic mass is 10.2. The fraction of sp³-hybridized carbons (Fsp3) is 0.167. The fourth-order valence-corrected chi connectivity index (χ4v) is 2.08. The predicted molar refractivity (Wildman–Crippen MR) is 96.6 cm³/mol. The first-order chi connectivity index (χ1) is 12.1. The Morgan fingerprint density at radius 2 is 1.84 bits per heavy atom. The maximum Gasteiger partial charge on any atom is 0.329 e. The molecule has 6 nitrogen and oxygen atoms in total. The molecule has 0 aliphatic rings. The number of nitrogens with zero attached hydrogens (tertiary/aromatic N) is 1. The number of nitrogens with one attached hydrogen (secondary N) is 2. The third kappa shape index (κ3) is 5.93. The van der Waals surface area contributed by atoms with Crippen molar-refractivity contribution in [2.45, 2.75) is 13.5 Å². The van der Waals surface area contributed by atoms with E-state index >= 15 is 0 Å². The van der Waals surface area contributed by atoms with E-state index < -0.39 is 11.8 Å². The third-order valence-corrected chi connectivity index (χ3v) is 3.41. The monoisotopic (exact) mass is 359 g/mol. The van der Waals surface area contributed by atoms with Crippen LogP contribution in [-0.2, 0) is 16.1 Å². The van der Waals surface area contributed by atoms with Gasteiger partial charge in [-0.25, -0.2) is 5.43 Å². The molecule has 0 heterocycles. The summed E-state index contributed by atoms with van der Waals surface area (Å²) in [7, 11) is 0. The molecule has 0 aromatic heterocycles. The number of carbonyl (C=O) groups is 2. The van der Waals surface area contributed by atoms with Crippen LogP contribution in [0.15, 0.2) is 53.6 Å². The molecule has 0 atom stereocenters. The summed E-state index contributed by atoms with van der Waals surface area (Å²) >= 11 is 5.79. The van der Waals surface area contributed by atoms with Crippen LogP contribution in [0.3, 0.4) is 0 Å². The van der Waals surface area contributed by atoms with Crippen molar-refractivity contribution in [2.75, 3.05) is 6.61 Å². The van der Waals surface area contributed by atoms with Gasteiger partial charge in [0.2, 0.25) is 0 Å². The second-order valence-corrected chi connectivity index (χ2v) is 5.42. The van der Waals surface area contributed by atoms with Crippen LogP contribution >= 0.6 is 11.6 Å². The van der Waals surface area contributed by atoms with Crippen LogP contribution in [0.4, 0.5) is 0 Å². The standard InChI is InChI=1S/C18H18ClN3O3/c1-2-25-16-6-4-3-5-14(16)12-21-22-18(24)17(23)20-11-13-7-9-15(19)10-8-13/h3-10,12H,2,11H2,1H3,(H,20,23)(H,22,24)/b21-12+. The first-order valence-corrected chi connectivity index (χ1v) is 8.05. The van der Waals surface area contributed by atoms with Gasteiger partial charge in [-0.05, 0) is 36.8 Å². The zero-order chi connectivity index (χ0) is 18.1. The predicted octanol–water partition coefficient (Wildman–Crippen LogP) is 2.51. The van der Waals surface area contributed by atoms with Gasteiger partial charge in [0, 0.05) is 17.1 Å². The molecule has 2 amide bonds. The molecule has 0 saturated heterocycles. The minimum Gasteiger partial charge on any atom is -0.493 e. The van der Waals surface area contributed by atoms with Crippen molar-refractivity contribution in [1.82, 2.24) is 10.7 Å². The van der Waals surface area contributed by atoms with E-state index in [0.717, 1.165) is 5.56 Å². The topological polar surface area (TPSA) is 79.8 Å². The molecule has 0 fully saturated rings. The van der Waals surface area contributed by atoms with Crippen LogP contribution in [0.5, 0.6) is 5.75 Å². The zero-order valence-corrected chi connectivity index (χ0v) is 14.4. The summed E-state index contributed by atoms with van der Waals surface area (Å²) in [6.07, 6.45) is 1.43. The summed E-state index contributed by atoms with van der Waals surface area (Å²) < 4.78 is 5.45. The molecule has 0 bridgehead atoms. The van der Waals surface area contributed by atoms with E-state index in [2.05, 4.69) is 15.8 Å². The summed E-state index contributed by atoms with van der Waals surface area (Å²) in [5.74, 6) is -0.973. The number of halogens is 1. The lowest BCUT2D eigenvalue weighted by Crippen LogP contribution is -2.37. The molecule has 7 heteroatoms. The van der Waals surface area contributed by atoms with Crippen LogP contribution in [0.2, 0.25) is 5.02 Å². The molecular weight excluding hydrogens is 342 g/mol. The summed E-state index contributed by atoms with van der Waals surface area (Å²) in [6.45, 7) is 2.62. The van der Waals surface area contributed by atoms with Crippen molar-refractivity contribution in [1.29, 1.82) is 0 Å². The summed E-state index contributed by atoms with van der Waals surface area (Å²) in [4.78, 5) is 23.5. The molecule has 25 heavy (non-hydrogen) atoms. The number of rotatable bonds is 6. The molecule has 2 N–H and O–H groups in total. The van der Waals surface area contributed by atoms with Gasteiger partial charge in [-0.2, -0.15) is 5.10 Å². The largest absolute Gasteiger partial charge is 0.493 e. The van der Waals surface area contributed by atoms with Crippen LogP contribution in [0, 0.1) is 0 Å². The number of hydrogen-bond acceptors (Lipinski definition) is 4. The van der Waals surface area contributed by atoms with Gasteiger partial charge in [0.1, 0.15) is 5.75 Å². The average Bonchev–Trinajstić information content (AvgIpc) is 2.62. The first kappa shape index (κ1) is 18.5. The van der Waals surface area contributed by atoms with Crippen molar-refractivity contribution in [2.24, 2.45) is 5.10 Å². The Kier molecular flexibility index (Phi) is 6.98.